The minimum absolute atomic E-state index is 0.417. The summed E-state index contributed by atoms with van der Waals surface area (Å²) in [6, 6.07) is 3.09. The van der Waals surface area contributed by atoms with Gasteiger partial charge in [0.2, 0.25) is 0 Å². The number of halogens is 2. The number of hydrogen-bond donors (Lipinski definition) is 0. The van der Waals surface area contributed by atoms with Crippen LogP contribution in [0.15, 0.2) is 6.07 Å². The lowest BCUT2D eigenvalue weighted by molar-refractivity contribution is 0.576. The lowest BCUT2D eigenvalue weighted by Gasteiger charge is -2.24. The van der Waals surface area contributed by atoms with Crippen LogP contribution in [0.5, 0.6) is 0 Å². The summed E-state index contributed by atoms with van der Waals surface area (Å²) in [6.45, 7) is 0. The van der Waals surface area contributed by atoms with Crippen molar-refractivity contribution in [1.29, 1.82) is 0 Å². The van der Waals surface area contributed by atoms with Gasteiger partial charge in [-0.05, 0) is 25.7 Å². The maximum Gasteiger partial charge on any atom is 0.175 e. The zero-order valence-corrected chi connectivity index (χ0v) is 9.67. The maximum absolute atomic E-state index is 6.06. The first-order chi connectivity index (χ1) is 7.25. The Morgan fingerprint density at radius 2 is 1.67 bits per heavy atom. The van der Waals surface area contributed by atoms with Crippen LogP contribution < -0.4 is 4.90 Å². The van der Waals surface area contributed by atoms with Crippen molar-refractivity contribution in [2.45, 2.75) is 37.8 Å². The van der Waals surface area contributed by atoms with E-state index in [2.05, 4.69) is 15.1 Å². The Labute approximate surface area is 98.4 Å². The summed E-state index contributed by atoms with van der Waals surface area (Å²) in [5, 5.41) is 8.49. The van der Waals surface area contributed by atoms with E-state index in [1.165, 1.54) is 25.7 Å². The van der Waals surface area contributed by atoms with E-state index in [-0.39, 0.29) is 0 Å². The molecule has 2 bridgehead atoms. The first-order valence-electron chi connectivity index (χ1n) is 5.23. The molecule has 0 amide bonds. The third-order valence-corrected chi connectivity index (χ3v) is 3.89. The van der Waals surface area contributed by atoms with Crippen LogP contribution in [0.2, 0.25) is 10.3 Å². The molecule has 0 unspecified atom stereocenters. The van der Waals surface area contributed by atoms with Crippen LogP contribution in [0.25, 0.3) is 0 Å². The molecule has 0 spiro atoms. The van der Waals surface area contributed by atoms with Crippen molar-refractivity contribution in [3.63, 3.8) is 0 Å². The Balaban J connectivity index is 2.02. The predicted octanol–water partition coefficient (Wildman–Crippen LogP) is 2.91. The number of fused-ring (bicyclic) bond motifs is 2. The van der Waals surface area contributed by atoms with Crippen LogP contribution in [0.1, 0.15) is 25.7 Å². The van der Waals surface area contributed by atoms with Crippen molar-refractivity contribution < 1.29 is 0 Å². The van der Waals surface area contributed by atoms with Crippen molar-refractivity contribution in [3.05, 3.63) is 16.4 Å². The van der Waals surface area contributed by atoms with E-state index in [4.69, 9.17) is 23.2 Å². The highest BCUT2D eigenvalue weighted by Gasteiger charge is 2.40. The molecule has 2 fully saturated rings. The van der Waals surface area contributed by atoms with Gasteiger partial charge in [0, 0.05) is 18.2 Å². The normalized spacial score (nSPS) is 28.8. The van der Waals surface area contributed by atoms with Gasteiger partial charge < -0.3 is 4.90 Å². The number of anilines is 1. The lowest BCUT2D eigenvalue weighted by atomic mass is 10.0. The van der Waals surface area contributed by atoms with Crippen LogP contribution in [0, 0.1) is 0 Å². The number of rotatable bonds is 1. The highest BCUT2D eigenvalue weighted by Crippen LogP contribution is 2.43. The third-order valence-electron chi connectivity index (χ3n) is 3.43. The molecule has 3 heterocycles. The van der Waals surface area contributed by atoms with E-state index in [1.54, 1.807) is 0 Å². The molecular weight excluding hydrogens is 233 g/mol. The fourth-order valence-corrected chi connectivity index (χ4v) is 3.16. The quantitative estimate of drug-likeness (QED) is 0.760. The standard InChI is InChI=1S/C10H11Cl2N3/c11-9-5-8(10(12)14-13-9)15-6-1-2-7(15)4-3-6/h5-7H,1-4H2. The Morgan fingerprint density at radius 1 is 1.07 bits per heavy atom. The smallest absolute Gasteiger partial charge is 0.175 e. The summed E-state index contributed by atoms with van der Waals surface area (Å²) >= 11 is 11.9. The average Bonchev–Trinajstić information content (AvgIpc) is 2.81. The van der Waals surface area contributed by atoms with Crippen molar-refractivity contribution in [3.8, 4) is 0 Å². The highest BCUT2D eigenvalue weighted by molar-refractivity contribution is 6.33. The minimum atomic E-state index is 0.417. The van der Waals surface area contributed by atoms with Crippen LogP contribution in [0.4, 0.5) is 5.69 Å². The molecule has 5 heteroatoms. The molecular formula is C10H11Cl2N3. The van der Waals surface area contributed by atoms with Gasteiger partial charge in [0.1, 0.15) is 0 Å². The lowest BCUT2D eigenvalue weighted by Crippen LogP contribution is -2.28. The second-order valence-electron chi connectivity index (χ2n) is 4.21. The van der Waals surface area contributed by atoms with Crippen LogP contribution >= 0.6 is 23.2 Å². The van der Waals surface area contributed by atoms with Gasteiger partial charge >= 0.3 is 0 Å². The predicted molar refractivity (Wildman–Crippen MR) is 60.6 cm³/mol. The van der Waals surface area contributed by atoms with Crippen molar-refractivity contribution in [1.82, 2.24) is 10.2 Å². The highest BCUT2D eigenvalue weighted by atomic mass is 35.5. The summed E-state index contributed by atoms with van der Waals surface area (Å²) < 4.78 is 0. The van der Waals surface area contributed by atoms with Crippen molar-refractivity contribution in [2.75, 3.05) is 4.90 Å². The topological polar surface area (TPSA) is 29.0 Å². The molecule has 1 aromatic rings. The first-order valence-corrected chi connectivity index (χ1v) is 5.98. The molecule has 2 saturated heterocycles. The van der Waals surface area contributed by atoms with E-state index >= 15 is 0 Å². The van der Waals surface area contributed by atoms with Crippen LogP contribution in [-0.2, 0) is 0 Å². The van der Waals surface area contributed by atoms with Gasteiger partial charge in [-0.2, -0.15) is 0 Å². The molecule has 2 aliphatic heterocycles. The molecule has 3 rings (SSSR count). The van der Waals surface area contributed by atoms with Gasteiger partial charge in [0.05, 0.1) is 5.69 Å². The average molecular weight is 244 g/mol. The summed E-state index contributed by atoms with van der Waals surface area (Å²) in [7, 11) is 0. The zero-order chi connectivity index (χ0) is 10.4. The van der Waals surface area contributed by atoms with E-state index in [1.807, 2.05) is 6.07 Å². The number of aromatic nitrogens is 2. The largest absolute Gasteiger partial charge is 0.363 e. The van der Waals surface area contributed by atoms with E-state index in [0.29, 0.717) is 22.4 Å². The summed E-state index contributed by atoms with van der Waals surface area (Å²) in [5.74, 6) is 0. The SMILES string of the molecule is Clc1cc(N2C3CCC2CC3)c(Cl)nn1. The Bertz CT molecular complexity index is 376. The number of hydrogen-bond acceptors (Lipinski definition) is 3. The van der Waals surface area contributed by atoms with Crippen LogP contribution in [-0.4, -0.2) is 22.3 Å². The van der Waals surface area contributed by atoms with Gasteiger partial charge in [-0.3, -0.25) is 0 Å². The molecule has 2 aliphatic rings. The van der Waals surface area contributed by atoms with Gasteiger partial charge in [-0.15, -0.1) is 10.2 Å². The van der Waals surface area contributed by atoms with E-state index in [0.717, 1.165) is 5.69 Å². The molecule has 0 saturated carbocycles. The number of nitrogens with zero attached hydrogens (tertiary/aromatic N) is 3. The Kier molecular flexibility index (Phi) is 2.25. The molecule has 15 heavy (non-hydrogen) atoms. The molecule has 3 nitrogen and oxygen atoms in total. The second kappa shape index (κ2) is 3.49. The summed E-state index contributed by atoms with van der Waals surface area (Å²) in [6.07, 6.45) is 5.06. The second-order valence-corrected chi connectivity index (χ2v) is 4.96. The van der Waals surface area contributed by atoms with Gasteiger partial charge in [-0.1, -0.05) is 23.2 Å². The molecule has 0 aliphatic carbocycles. The monoisotopic (exact) mass is 243 g/mol. The zero-order valence-electron chi connectivity index (χ0n) is 8.16. The minimum Gasteiger partial charge on any atom is -0.363 e. The molecule has 0 N–H and O–H groups in total. The first kappa shape index (κ1) is 9.67. The van der Waals surface area contributed by atoms with Crippen molar-refractivity contribution >= 4 is 28.9 Å². The molecule has 0 aromatic carbocycles. The maximum atomic E-state index is 6.06. The molecule has 0 atom stereocenters. The third kappa shape index (κ3) is 1.49. The Morgan fingerprint density at radius 3 is 2.27 bits per heavy atom. The fraction of sp³-hybridized carbons (Fsp3) is 0.600. The molecule has 0 radical (unpaired) electrons. The van der Waals surface area contributed by atoms with Crippen molar-refractivity contribution in [2.24, 2.45) is 0 Å². The van der Waals surface area contributed by atoms with Crippen LogP contribution in [0.3, 0.4) is 0 Å². The van der Waals surface area contributed by atoms with Gasteiger partial charge in [0.15, 0.2) is 10.3 Å². The van der Waals surface area contributed by atoms with Gasteiger partial charge in [-0.25, -0.2) is 0 Å². The molecule has 1 aromatic heterocycles. The summed E-state index contributed by atoms with van der Waals surface area (Å²) in [4.78, 5) is 2.38. The molecule has 80 valence electrons. The fourth-order valence-electron chi connectivity index (χ4n) is 2.83. The summed E-state index contributed by atoms with van der Waals surface area (Å²) in [5.41, 5.74) is 0.960. The van der Waals surface area contributed by atoms with E-state index < -0.39 is 0 Å². The Hall–Kier alpha value is -0.540. The van der Waals surface area contributed by atoms with Gasteiger partial charge in [0.25, 0.3) is 0 Å². The van der Waals surface area contributed by atoms with E-state index in [9.17, 15) is 0 Å².